The van der Waals surface area contributed by atoms with E-state index in [1.165, 1.54) is 0 Å². The molecule has 4 atom stereocenters. The molecule has 3 rings (SSSR count). The van der Waals surface area contributed by atoms with Crippen LogP contribution in [0.25, 0.3) is 0 Å². The van der Waals surface area contributed by atoms with E-state index in [4.69, 9.17) is 18.9 Å². The van der Waals surface area contributed by atoms with Crippen LogP contribution < -0.4 is 5.32 Å². The maximum absolute atomic E-state index is 11.9. The lowest BCUT2D eigenvalue weighted by Gasteiger charge is -2.23. The molecule has 132 valence electrons. The summed E-state index contributed by atoms with van der Waals surface area (Å²) < 4.78 is 23.0. The monoisotopic (exact) mass is 335 g/mol. The Morgan fingerprint density at radius 1 is 1.17 bits per heavy atom. The van der Waals surface area contributed by atoms with Crippen molar-refractivity contribution in [2.24, 2.45) is 0 Å². The highest BCUT2D eigenvalue weighted by Crippen LogP contribution is 2.39. The molecular formula is C18H25NO5. The molecule has 1 N–H and O–H groups in total. The molecule has 1 aromatic rings. The Kier molecular flexibility index (Phi) is 5.08. The molecule has 2 saturated heterocycles. The van der Waals surface area contributed by atoms with Crippen LogP contribution in [0.2, 0.25) is 0 Å². The largest absolute Gasteiger partial charge is 0.445 e. The van der Waals surface area contributed by atoms with Gasteiger partial charge in [-0.25, -0.2) is 4.79 Å². The Labute approximate surface area is 142 Å². The van der Waals surface area contributed by atoms with Crippen LogP contribution in [0.1, 0.15) is 32.8 Å². The highest BCUT2D eigenvalue weighted by atomic mass is 16.8. The summed E-state index contributed by atoms with van der Waals surface area (Å²) in [7, 11) is 0. The van der Waals surface area contributed by atoms with Crippen molar-refractivity contribution in [2.45, 2.75) is 64.0 Å². The van der Waals surface area contributed by atoms with Crippen LogP contribution in [0.5, 0.6) is 0 Å². The molecule has 2 heterocycles. The fourth-order valence-electron chi connectivity index (χ4n) is 3.22. The minimum Gasteiger partial charge on any atom is -0.445 e. The average molecular weight is 335 g/mol. The molecule has 0 aromatic heterocycles. The molecule has 0 aliphatic carbocycles. The molecule has 1 amide bonds. The first-order chi connectivity index (χ1) is 11.5. The third-order valence-electron chi connectivity index (χ3n) is 4.31. The van der Waals surface area contributed by atoms with Gasteiger partial charge in [0, 0.05) is 6.54 Å². The van der Waals surface area contributed by atoms with Crippen LogP contribution in [-0.2, 0) is 25.6 Å². The van der Waals surface area contributed by atoms with Crippen molar-refractivity contribution < 1.29 is 23.7 Å². The van der Waals surface area contributed by atoms with Gasteiger partial charge in [-0.3, -0.25) is 0 Å². The number of alkyl carbamates (subject to hydrolysis) is 1. The number of hydrogen-bond acceptors (Lipinski definition) is 5. The second-order valence-electron chi connectivity index (χ2n) is 6.63. The van der Waals surface area contributed by atoms with Crippen LogP contribution in [-0.4, -0.2) is 42.8 Å². The van der Waals surface area contributed by atoms with Crippen LogP contribution in [0.4, 0.5) is 4.79 Å². The third kappa shape index (κ3) is 3.88. The summed E-state index contributed by atoms with van der Waals surface area (Å²) >= 11 is 0. The second-order valence-corrected chi connectivity index (χ2v) is 6.63. The molecule has 2 aliphatic heterocycles. The van der Waals surface area contributed by atoms with E-state index in [1.807, 2.05) is 44.2 Å². The summed E-state index contributed by atoms with van der Waals surface area (Å²) in [5.74, 6) is -0.612. The first kappa shape index (κ1) is 17.2. The van der Waals surface area contributed by atoms with E-state index >= 15 is 0 Å². The zero-order chi connectivity index (χ0) is 17.2. The maximum Gasteiger partial charge on any atom is 0.407 e. The third-order valence-corrected chi connectivity index (χ3v) is 4.31. The van der Waals surface area contributed by atoms with Crippen molar-refractivity contribution in [1.82, 2.24) is 5.32 Å². The van der Waals surface area contributed by atoms with Crippen molar-refractivity contribution in [3.05, 3.63) is 35.9 Å². The van der Waals surface area contributed by atoms with E-state index in [2.05, 4.69) is 12.2 Å². The summed E-state index contributed by atoms with van der Waals surface area (Å²) in [5.41, 5.74) is 0.949. The first-order valence-electron chi connectivity index (χ1n) is 8.44. The van der Waals surface area contributed by atoms with E-state index in [9.17, 15) is 4.79 Å². The van der Waals surface area contributed by atoms with E-state index in [0.717, 1.165) is 12.0 Å². The number of fused-ring (bicyclic) bond motifs is 1. The summed E-state index contributed by atoms with van der Waals surface area (Å²) in [6.07, 6.45) is -0.112. The lowest BCUT2D eigenvalue weighted by molar-refractivity contribution is -0.186. The van der Waals surface area contributed by atoms with Gasteiger partial charge in [0.2, 0.25) is 0 Å². The van der Waals surface area contributed by atoms with Gasteiger partial charge in [-0.2, -0.15) is 0 Å². The van der Waals surface area contributed by atoms with Gasteiger partial charge in [-0.1, -0.05) is 37.3 Å². The Hall–Kier alpha value is -1.63. The number of carbonyl (C=O) groups excluding carboxylic acids is 1. The zero-order valence-electron chi connectivity index (χ0n) is 14.4. The highest BCUT2D eigenvalue weighted by molar-refractivity contribution is 5.67. The van der Waals surface area contributed by atoms with Gasteiger partial charge in [0.1, 0.15) is 24.9 Å². The lowest BCUT2D eigenvalue weighted by atomic mass is 10.1. The average Bonchev–Trinajstić information content (AvgIpc) is 3.05. The predicted octanol–water partition coefficient (Wildman–Crippen LogP) is 2.61. The Bertz CT molecular complexity index is 562. The number of carbonyl (C=O) groups is 1. The molecule has 0 saturated carbocycles. The van der Waals surface area contributed by atoms with Gasteiger partial charge >= 0.3 is 6.09 Å². The Morgan fingerprint density at radius 2 is 1.83 bits per heavy atom. The highest BCUT2D eigenvalue weighted by Gasteiger charge is 2.54. The van der Waals surface area contributed by atoms with E-state index in [0.29, 0.717) is 6.54 Å². The van der Waals surface area contributed by atoms with Crippen LogP contribution in [0, 0.1) is 0 Å². The van der Waals surface area contributed by atoms with E-state index in [-0.39, 0.29) is 31.0 Å². The van der Waals surface area contributed by atoms with Crippen molar-refractivity contribution in [1.29, 1.82) is 0 Å². The number of nitrogens with one attached hydrogen (secondary N) is 1. The molecule has 6 nitrogen and oxygen atoms in total. The van der Waals surface area contributed by atoms with Crippen molar-refractivity contribution >= 4 is 6.09 Å². The van der Waals surface area contributed by atoms with Crippen molar-refractivity contribution in [3.63, 3.8) is 0 Å². The molecule has 2 aliphatic rings. The van der Waals surface area contributed by atoms with E-state index < -0.39 is 11.9 Å². The minimum absolute atomic E-state index is 0.0103. The number of amides is 1. The fourth-order valence-corrected chi connectivity index (χ4v) is 3.22. The quantitative estimate of drug-likeness (QED) is 0.896. The number of rotatable bonds is 5. The Balaban J connectivity index is 1.48. The molecule has 1 aromatic carbocycles. The number of ether oxygens (including phenoxy) is 4. The van der Waals surface area contributed by atoms with Crippen LogP contribution >= 0.6 is 0 Å². The summed E-state index contributed by atoms with van der Waals surface area (Å²) in [5, 5.41) is 2.76. The molecule has 0 radical (unpaired) electrons. The smallest absolute Gasteiger partial charge is 0.407 e. The van der Waals surface area contributed by atoms with Gasteiger partial charge in [0.15, 0.2) is 5.79 Å². The molecule has 0 bridgehead atoms. The number of benzene rings is 1. The molecule has 2 unspecified atom stereocenters. The first-order valence-corrected chi connectivity index (χ1v) is 8.44. The molecule has 6 heteroatoms. The molecule has 0 spiro atoms. The van der Waals surface area contributed by atoms with Crippen molar-refractivity contribution in [2.75, 3.05) is 6.54 Å². The molecule has 24 heavy (non-hydrogen) atoms. The summed E-state index contributed by atoms with van der Waals surface area (Å²) in [6.45, 7) is 6.44. The maximum atomic E-state index is 11.9. The topological polar surface area (TPSA) is 66.0 Å². The van der Waals surface area contributed by atoms with Crippen molar-refractivity contribution in [3.8, 4) is 0 Å². The SMILES string of the molecule is CCC1OC(CNC(=O)OCc2ccccc2)[C@H]2OC(C)(C)O[C@@H]12. The minimum atomic E-state index is -0.612. The number of hydrogen-bond donors (Lipinski definition) is 1. The van der Waals surface area contributed by atoms with E-state index in [1.54, 1.807) is 0 Å². The van der Waals surface area contributed by atoms with Gasteiger partial charge < -0.3 is 24.3 Å². The summed E-state index contributed by atoms with van der Waals surface area (Å²) in [4.78, 5) is 11.9. The Morgan fingerprint density at radius 3 is 2.50 bits per heavy atom. The van der Waals surface area contributed by atoms with Crippen LogP contribution in [0.3, 0.4) is 0 Å². The van der Waals surface area contributed by atoms with Gasteiger partial charge in [0.25, 0.3) is 0 Å². The van der Waals surface area contributed by atoms with Gasteiger partial charge in [0.05, 0.1) is 6.10 Å². The summed E-state index contributed by atoms with van der Waals surface area (Å²) in [6, 6.07) is 9.57. The lowest BCUT2D eigenvalue weighted by Crippen LogP contribution is -2.40. The molecule has 2 fully saturated rings. The fraction of sp³-hybridized carbons (Fsp3) is 0.611. The normalized spacial score (nSPS) is 30.8. The molecular weight excluding hydrogens is 310 g/mol. The second kappa shape index (κ2) is 7.09. The predicted molar refractivity (Wildman–Crippen MR) is 87.4 cm³/mol. The standard InChI is InChI=1S/C18H25NO5/c1-4-13-15-16(24-18(2,3)23-15)14(22-13)10-19-17(20)21-11-12-8-6-5-7-9-12/h5-9,13-16H,4,10-11H2,1-3H3,(H,19,20)/t13?,14?,15-,16+/m0/s1. The van der Waals surface area contributed by atoms with Gasteiger partial charge in [-0.15, -0.1) is 0 Å². The van der Waals surface area contributed by atoms with Gasteiger partial charge in [-0.05, 0) is 25.8 Å². The van der Waals surface area contributed by atoms with Crippen LogP contribution in [0.15, 0.2) is 30.3 Å². The zero-order valence-corrected chi connectivity index (χ0v) is 14.4.